The maximum absolute atomic E-state index is 6.86. The van der Waals surface area contributed by atoms with E-state index in [2.05, 4.69) is 82.7 Å². The molecule has 8 atom stereocenters. The number of alkyl halides is 2. The third kappa shape index (κ3) is 12.4. The molecule has 2 saturated carbocycles. The molecule has 3 nitrogen and oxygen atoms in total. The fraction of sp³-hybridized carbons (Fsp3) is 0.931. The van der Waals surface area contributed by atoms with Gasteiger partial charge in [-0.3, -0.25) is 9.98 Å². The maximum atomic E-state index is 6.86. The molecule has 8 unspecified atom stereocenters. The van der Waals surface area contributed by atoms with E-state index in [0.717, 1.165) is 50.8 Å². The van der Waals surface area contributed by atoms with Crippen molar-refractivity contribution in [1.29, 1.82) is 0 Å². The Morgan fingerprint density at radius 2 is 1.26 bits per heavy atom. The topological polar surface area (TPSA) is 34.0 Å². The summed E-state index contributed by atoms with van der Waals surface area (Å²) in [5, 5.41) is 0.466. The fourth-order valence-corrected chi connectivity index (χ4v) is 8.03. The van der Waals surface area contributed by atoms with Crippen LogP contribution >= 0.6 is 51.7 Å². The number of rotatable bonds is 12. The first-order chi connectivity index (χ1) is 18.0. The fourth-order valence-electron chi connectivity index (χ4n) is 6.37. The van der Waals surface area contributed by atoms with E-state index < -0.39 is 8.32 Å². The van der Waals surface area contributed by atoms with E-state index in [1.807, 2.05) is 0 Å². The van der Waals surface area contributed by atoms with Gasteiger partial charge in [0.15, 0.2) is 8.32 Å². The second kappa shape index (κ2) is 19.7. The average Bonchev–Trinajstić information content (AvgIpc) is 2.86. The summed E-state index contributed by atoms with van der Waals surface area (Å²) in [5.74, 6) is 2.14. The van der Waals surface area contributed by atoms with Crippen molar-refractivity contribution >= 4 is 71.4 Å². The Labute approximate surface area is 266 Å². The zero-order chi connectivity index (χ0) is 28.9. The molecule has 2 aliphatic rings. The molecule has 2 fully saturated rings. The number of hydrogen-bond donors (Lipinski definition) is 0. The van der Waals surface area contributed by atoms with Gasteiger partial charge in [-0.05, 0) is 102 Å². The summed E-state index contributed by atoms with van der Waals surface area (Å²) >= 11 is 19.7. The molecule has 9 heteroatoms. The molecular weight excluding hydrogens is 710 g/mol. The van der Waals surface area contributed by atoms with E-state index >= 15 is 0 Å². The van der Waals surface area contributed by atoms with E-state index in [-0.39, 0.29) is 10.8 Å². The van der Waals surface area contributed by atoms with E-state index in [9.17, 15) is 0 Å². The van der Waals surface area contributed by atoms with Crippen LogP contribution in [0.1, 0.15) is 98.8 Å². The van der Waals surface area contributed by atoms with Crippen molar-refractivity contribution in [3.8, 4) is 0 Å². The predicted octanol–water partition coefficient (Wildman–Crippen LogP) is 10.9. The van der Waals surface area contributed by atoms with E-state index in [1.165, 1.54) is 42.3 Å². The summed E-state index contributed by atoms with van der Waals surface area (Å²) in [6, 6.07) is 0.608. The molecule has 38 heavy (non-hydrogen) atoms. The first kappa shape index (κ1) is 37.6. The Hall–Kier alpha value is 1.55. The molecule has 0 aromatic heterocycles. The van der Waals surface area contributed by atoms with Crippen LogP contribution in [0.2, 0.25) is 19.6 Å². The van der Waals surface area contributed by atoms with Crippen LogP contribution in [0.25, 0.3) is 0 Å². The third-order valence-electron chi connectivity index (χ3n) is 8.55. The van der Waals surface area contributed by atoms with Gasteiger partial charge < -0.3 is 4.43 Å². The van der Waals surface area contributed by atoms with Crippen LogP contribution in [-0.4, -0.2) is 49.2 Å². The Morgan fingerprint density at radius 1 is 0.816 bits per heavy atom. The van der Waals surface area contributed by atoms with Gasteiger partial charge >= 0.3 is 39.3 Å². The Kier molecular flexibility index (Phi) is 19.5. The Balaban J connectivity index is 0.00000229. The van der Waals surface area contributed by atoms with Gasteiger partial charge in [0.1, 0.15) is 0 Å². The van der Waals surface area contributed by atoms with Crippen molar-refractivity contribution in [2.45, 2.75) is 141 Å². The van der Waals surface area contributed by atoms with Crippen molar-refractivity contribution in [2.75, 3.05) is 6.61 Å². The molecular formula is C29H54Br2Cl2N2NiOSi. The molecule has 0 N–H and O–H groups in total. The van der Waals surface area contributed by atoms with Crippen LogP contribution in [0.3, 0.4) is 0 Å². The number of hydrogen-bond acceptors (Lipinski definition) is 3. The van der Waals surface area contributed by atoms with Crippen LogP contribution in [0.15, 0.2) is 9.98 Å². The molecule has 0 bridgehead atoms. The molecule has 0 aliphatic heterocycles. The van der Waals surface area contributed by atoms with Crippen molar-refractivity contribution in [1.82, 2.24) is 0 Å². The molecule has 2 rings (SSSR count). The van der Waals surface area contributed by atoms with Gasteiger partial charge in [-0.25, -0.2) is 0 Å². The van der Waals surface area contributed by atoms with Gasteiger partial charge in [-0.1, -0.05) is 40.5 Å². The first-order valence-corrected chi connectivity index (χ1v) is 24.0. The SMILES string of the molecule is CCC1CCC(Cl)C(CC)C1N=C(C)C(CCCO[Si](C)(C)C)=NC1C(CC)CCC(Cl)C1CC.[Br][Ni][Br]. The zero-order valence-corrected chi connectivity index (χ0v) is 31.7. The first-order valence-electron chi connectivity index (χ1n) is 14.8. The minimum absolute atomic E-state index is 0.231. The van der Waals surface area contributed by atoms with Crippen molar-refractivity contribution in [3.63, 3.8) is 0 Å². The van der Waals surface area contributed by atoms with Crippen molar-refractivity contribution in [2.24, 2.45) is 33.7 Å². The summed E-state index contributed by atoms with van der Waals surface area (Å²) in [7, 11) is -0.265. The van der Waals surface area contributed by atoms with Gasteiger partial charge in [-0.2, -0.15) is 0 Å². The molecule has 0 saturated heterocycles. The summed E-state index contributed by atoms with van der Waals surface area (Å²) < 4.78 is 6.19. The molecule has 0 spiro atoms. The number of halogens is 4. The Morgan fingerprint density at radius 3 is 1.66 bits per heavy atom. The molecule has 0 aromatic carbocycles. The normalized spacial score (nSPS) is 33.2. The van der Waals surface area contributed by atoms with Crippen LogP contribution in [0, 0.1) is 23.7 Å². The second-order valence-electron chi connectivity index (χ2n) is 12.0. The molecule has 0 heterocycles. The van der Waals surface area contributed by atoms with Crippen LogP contribution < -0.4 is 0 Å². The van der Waals surface area contributed by atoms with Gasteiger partial charge in [0, 0.05) is 17.4 Å². The average molecular weight is 764 g/mol. The van der Waals surface area contributed by atoms with E-state index in [1.54, 1.807) is 0 Å². The van der Waals surface area contributed by atoms with Gasteiger partial charge in [0.25, 0.3) is 0 Å². The van der Waals surface area contributed by atoms with Gasteiger partial charge in [-0.15, -0.1) is 23.2 Å². The van der Waals surface area contributed by atoms with Gasteiger partial charge in [0.05, 0.1) is 23.5 Å². The van der Waals surface area contributed by atoms with E-state index in [4.69, 9.17) is 37.6 Å². The van der Waals surface area contributed by atoms with Crippen LogP contribution in [0.4, 0.5) is 0 Å². The van der Waals surface area contributed by atoms with Crippen molar-refractivity contribution < 1.29 is 15.3 Å². The monoisotopic (exact) mass is 760 g/mol. The third-order valence-corrected chi connectivity index (χ3v) is 10.7. The van der Waals surface area contributed by atoms with Crippen LogP contribution in [-0.2, 0) is 15.3 Å². The second-order valence-corrected chi connectivity index (χ2v) is 22.7. The number of aliphatic imine (C=N–C) groups is 2. The van der Waals surface area contributed by atoms with Crippen molar-refractivity contribution in [3.05, 3.63) is 0 Å². The number of nitrogens with zero attached hydrogens (tertiary/aromatic N) is 2. The molecule has 0 radical (unpaired) electrons. The van der Waals surface area contributed by atoms with E-state index in [0.29, 0.717) is 35.8 Å². The Bertz CT molecular complexity index is 725. The quantitative estimate of drug-likeness (QED) is 0.0844. The van der Waals surface area contributed by atoms with Gasteiger partial charge in [0.2, 0.25) is 0 Å². The summed E-state index contributed by atoms with van der Waals surface area (Å²) in [6.07, 6.45) is 11.1. The molecule has 0 amide bonds. The minimum atomic E-state index is -1.51. The zero-order valence-electron chi connectivity index (χ0n) is 25.0. The molecule has 228 valence electrons. The summed E-state index contributed by atoms with van der Waals surface area (Å²) in [5.41, 5.74) is 2.32. The molecule has 0 aromatic rings. The standard InChI is InChI=1S/C29H54Cl2N2OSi.2BrH.Ni/c1-9-21-15-17-25(30)23(11-3)28(21)32-20(5)27(14-13-19-34-35(6,7)8)33-29-22(10-2)16-18-26(31)24(29)12-4;;;/h21-26,28-29H,9-19H2,1-8H3;2*1H;/q;;;+2/p-2. The summed E-state index contributed by atoms with van der Waals surface area (Å²) in [6.45, 7) is 19.0. The summed E-state index contributed by atoms with van der Waals surface area (Å²) in [4.78, 5) is 11.0. The predicted molar refractivity (Wildman–Crippen MR) is 177 cm³/mol. The molecule has 2 aliphatic carbocycles. The van der Waals surface area contributed by atoms with Crippen LogP contribution in [0.5, 0.6) is 0 Å².